The van der Waals surface area contributed by atoms with Gasteiger partial charge in [0.05, 0.1) is 23.8 Å². The van der Waals surface area contributed by atoms with E-state index in [1.165, 1.54) is 0 Å². The molecular formula is C22H18Cl2N4O2. The zero-order valence-corrected chi connectivity index (χ0v) is 17.6. The summed E-state index contributed by atoms with van der Waals surface area (Å²) in [4.78, 5) is 0. The van der Waals surface area contributed by atoms with Crippen LogP contribution in [0.3, 0.4) is 0 Å². The minimum absolute atomic E-state index is 0.0210. The number of H-pyrrole nitrogens is 1. The van der Waals surface area contributed by atoms with E-state index >= 15 is 0 Å². The lowest BCUT2D eigenvalue weighted by molar-refractivity contribution is 0.317. The Morgan fingerprint density at radius 2 is 1.87 bits per heavy atom. The van der Waals surface area contributed by atoms with Crippen molar-refractivity contribution in [2.75, 3.05) is 6.61 Å². The number of nitriles is 1. The van der Waals surface area contributed by atoms with Gasteiger partial charge < -0.3 is 15.2 Å². The minimum atomic E-state index is -0.621. The Morgan fingerprint density at radius 3 is 2.50 bits per heavy atom. The molecule has 0 fully saturated rings. The second kappa shape index (κ2) is 8.31. The molecule has 0 aliphatic carbocycles. The second-order valence-corrected chi connectivity index (χ2v) is 7.56. The predicted molar refractivity (Wildman–Crippen MR) is 116 cm³/mol. The average Bonchev–Trinajstić information content (AvgIpc) is 3.15. The molecule has 3 N–H and O–H groups in total. The number of nitrogens with one attached hydrogen (secondary N) is 1. The van der Waals surface area contributed by atoms with Gasteiger partial charge in [-0.3, -0.25) is 5.10 Å². The number of rotatable bonds is 5. The molecule has 0 spiro atoms. The van der Waals surface area contributed by atoms with Crippen LogP contribution in [-0.4, -0.2) is 16.8 Å². The molecule has 0 bridgehead atoms. The van der Waals surface area contributed by atoms with Crippen molar-refractivity contribution in [1.29, 1.82) is 5.26 Å². The fourth-order valence-corrected chi connectivity index (χ4v) is 4.09. The maximum atomic E-state index is 9.82. The lowest BCUT2D eigenvalue weighted by atomic mass is 9.83. The molecule has 0 saturated heterocycles. The van der Waals surface area contributed by atoms with E-state index < -0.39 is 5.92 Å². The molecule has 1 aliphatic rings. The van der Waals surface area contributed by atoms with Gasteiger partial charge in [0, 0.05) is 21.2 Å². The highest BCUT2D eigenvalue weighted by atomic mass is 35.5. The Bertz CT molecular complexity index is 1140. The van der Waals surface area contributed by atoms with Crippen molar-refractivity contribution in [2.24, 2.45) is 5.73 Å². The molecule has 2 aromatic carbocycles. The van der Waals surface area contributed by atoms with Crippen LogP contribution in [0.4, 0.5) is 0 Å². The summed E-state index contributed by atoms with van der Waals surface area (Å²) in [5, 5.41) is 17.9. The number of hydrogen-bond donors (Lipinski definition) is 2. The van der Waals surface area contributed by atoms with E-state index in [0.29, 0.717) is 33.5 Å². The third kappa shape index (κ3) is 3.47. The van der Waals surface area contributed by atoms with E-state index in [0.717, 1.165) is 17.7 Å². The quantitative estimate of drug-likeness (QED) is 0.553. The van der Waals surface area contributed by atoms with E-state index in [4.69, 9.17) is 38.4 Å². The summed E-state index contributed by atoms with van der Waals surface area (Å²) in [7, 11) is 0. The first-order valence-electron chi connectivity index (χ1n) is 9.38. The highest BCUT2D eigenvalue weighted by Gasteiger charge is 2.37. The molecule has 0 amide bonds. The van der Waals surface area contributed by atoms with E-state index in [1.807, 2.05) is 24.3 Å². The van der Waals surface area contributed by atoms with Crippen LogP contribution < -0.4 is 15.2 Å². The van der Waals surface area contributed by atoms with E-state index in [2.05, 4.69) is 23.2 Å². The molecule has 30 heavy (non-hydrogen) atoms. The lowest BCUT2D eigenvalue weighted by Crippen LogP contribution is -2.21. The molecular weight excluding hydrogens is 423 g/mol. The predicted octanol–water partition coefficient (Wildman–Crippen LogP) is 5.39. The van der Waals surface area contributed by atoms with Gasteiger partial charge in [0.25, 0.3) is 0 Å². The maximum absolute atomic E-state index is 9.82. The van der Waals surface area contributed by atoms with Gasteiger partial charge in [0.1, 0.15) is 17.4 Å². The van der Waals surface area contributed by atoms with Gasteiger partial charge >= 0.3 is 0 Å². The number of nitrogens with two attached hydrogens (primary N) is 1. The van der Waals surface area contributed by atoms with Gasteiger partial charge in [-0.2, -0.15) is 5.26 Å². The summed E-state index contributed by atoms with van der Waals surface area (Å²) >= 11 is 13.0. The third-order valence-electron chi connectivity index (χ3n) is 4.84. The minimum Gasteiger partial charge on any atom is -0.494 e. The van der Waals surface area contributed by atoms with Crippen molar-refractivity contribution in [3.63, 3.8) is 0 Å². The average molecular weight is 441 g/mol. The van der Waals surface area contributed by atoms with Crippen molar-refractivity contribution >= 4 is 23.2 Å². The molecule has 6 nitrogen and oxygen atoms in total. The highest BCUT2D eigenvalue weighted by molar-refractivity contribution is 6.36. The Kier molecular flexibility index (Phi) is 5.58. The summed E-state index contributed by atoms with van der Waals surface area (Å²) in [5.74, 6) is 0.420. The van der Waals surface area contributed by atoms with E-state index in [1.54, 1.807) is 18.2 Å². The molecule has 2 heterocycles. The van der Waals surface area contributed by atoms with Crippen LogP contribution in [0.5, 0.6) is 11.6 Å². The summed E-state index contributed by atoms with van der Waals surface area (Å²) < 4.78 is 11.3. The van der Waals surface area contributed by atoms with Gasteiger partial charge in [0.15, 0.2) is 0 Å². The first kappa shape index (κ1) is 20.1. The fourth-order valence-electron chi connectivity index (χ4n) is 3.48. The van der Waals surface area contributed by atoms with Crippen LogP contribution in [0, 0.1) is 11.3 Å². The smallest absolute Gasteiger partial charge is 0.244 e. The Hall–Kier alpha value is -3.14. The van der Waals surface area contributed by atoms with Crippen LogP contribution >= 0.6 is 23.2 Å². The molecule has 1 atom stereocenters. The Morgan fingerprint density at radius 1 is 1.17 bits per heavy atom. The number of aromatic amines is 1. The zero-order chi connectivity index (χ0) is 21.3. The highest BCUT2D eigenvalue weighted by Crippen LogP contribution is 2.49. The van der Waals surface area contributed by atoms with Crippen molar-refractivity contribution in [3.8, 4) is 29.0 Å². The lowest BCUT2D eigenvalue weighted by Gasteiger charge is -2.25. The van der Waals surface area contributed by atoms with Gasteiger partial charge in [-0.15, -0.1) is 5.10 Å². The number of ether oxygens (including phenoxy) is 2. The standard InChI is InChI=1S/C22H18Cl2N4O2/c1-2-10-29-13-8-6-12(7-9-13)20-19-17(18-15(23)4-3-5-16(18)24)14(11-25)21(26)30-22(19)28-27-20/h3-9,17H,2,10,26H2,1H3,(H,27,28)/t17-/m1/s1. The van der Waals surface area contributed by atoms with Gasteiger partial charge in [-0.05, 0) is 42.8 Å². The largest absolute Gasteiger partial charge is 0.494 e. The van der Waals surface area contributed by atoms with E-state index in [9.17, 15) is 5.26 Å². The fraction of sp³-hybridized carbons (Fsp3) is 0.182. The van der Waals surface area contributed by atoms with Crippen LogP contribution in [0.25, 0.3) is 11.3 Å². The monoisotopic (exact) mass is 440 g/mol. The molecule has 8 heteroatoms. The molecule has 0 unspecified atom stereocenters. The van der Waals surface area contributed by atoms with Crippen LogP contribution in [0.15, 0.2) is 53.9 Å². The first-order valence-corrected chi connectivity index (χ1v) is 10.1. The molecule has 1 aliphatic heterocycles. The Balaban J connectivity index is 1.87. The molecule has 3 aromatic rings. The van der Waals surface area contributed by atoms with Crippen LogP contribution in [-0.2, 0) is 0 Å². The summed E-state index contributed by atoms with van der Waals surface area (Å²) in [6, 6.07) is 14.9. The SMILES string of the molecule is CCCOc1ccc(-c2[nH]nc3c2[C@@H](c2c(Cl)cccc2Cl)C(C#N)=C(N)O3)cc1. The van der Waals surface area contributed by atoms with E-state index in [-0.39, 0.29) is 17.3 Å². The normalized spacial score (nSPS) is 15.3. The molecule has 1 aromatic heterocycles. The number of hydrogen-bond acceptors (Lipinski definition) is 5. The van der Waals surface area contributed by atoms with Crippen molar-refractivity contribution in [2.45, 2.75) is 19.3 Å². The summed E-state index contributed by atoms with van der Waals surface area (Å²) in [6.45, 7) is 2.70. The van der Waals surface area contributed by atoms with Crippen LogP contribution in [0.2, 0.25) is 10.0 Å². The van der Waals surface area contributed by atoms with Crippen LogP contribution in [0.1, 0.15) is 30.4 Å². The molecule has 152 valence electrons. The van der Waals surface area contributed by atoms with Gasteiger partial charge in [-0.25, -0.2) is 0 Å². The third-order valence-corrected chi connectivity index (χ3v) is 5.50. The number of benzene rings is 2. The van der Waals surface area contributed by atoms with Crippen molar-refractivity contribution in [1.82, 2.24) is 10.2 Å². The Labute approximate surface area is 183 Å². The number of fused-ring (bicyclic) bond motifs is 1. The summed E-state index contributed by atoms with van der Waals surface area (Å²) in [5.41, 5.74) is 9.02. The second-order valence-electron chi connectivity index (χ2n) is 6.75. The zero-order valence-electron chi connectivity index (χ0n) is 16.1. The molecule has 0 radical (unpaired) electrons. The first-order chi connectivity index (χ1) is 14.5. The summed E-state index contributed by atoms with van der Waals surface area (Å²) in [6.07, 6.45) is 0.929. The molecule has 4 rings (SSSR count). The topological polar surface area (TPSA) is 97.0 Å². The number of nitrogens with zero attached hydrogens (tertiary/aromatic N) is 2. The van der Waals surface area contributed by atoms with Crippen molar-refractivity contribution in [3.05, 3.63) is 75.1 Å². The van der Waals surface area contributed by atoms with Gasteiger partial charge in [0.2, 0.25) is 11.8 Å². The maximum Gasteiger partial charge on any atom is 0.244 e. The van der Waals surface area contributed by atoms with Gasteiger partial charge in [-0.1, -0.05) is 36.2 Å². The number of aromatic nitrogens is 2. The molecule has 0 saturated carbocycles. The number of allylic oxidation sites excluding steroid dienone is 1. The number of halogens is 2. The van der Waals surface area contributed by atoms with Crippen molar-refractivity contribution < 1.29 is 9.47 Å².